The zero-order chi connectivity index (χ0) is 7.68. The van der Waals surface area contributed by atoms with Crippen LogP contribution in [-0.4, -0.2) is 21.4 Å². The van der Waals surface area contributed by atoms with E-state index in [4.69, 9.17) is 0 Å². The van der Waals surface area contributed by atoms with E-state index < -0.39 is 0 Å². The summed E-state index contributed by atoms with van der Waals surface area (Å²) in [5.41, 5.74) is 0.907. The topological polar surface area (TPSA) is 42.2 Å². The summed E-state index contributed by atoms with van der Waals surface area (Å²) in [6.07, 6.45) is 5.34. The van der Waals surface area contributed by atoms with Crippen molar-refractivity contribution < 1.29 is 0 Å². The Morgan fingerprint density at radius 3 is 3.18 bits per heavy atom. The quantitative estimate of drug-likeness (QED) is 0.649. The second kappa shape index (κ2) is 2.23. The first-order valence-corrected chi connectivity index (χ1v) is 3.36. The maximum Gasteiger partial charge on any atom is 0.141 e. The van der Waals surface area contributed by atoms with E-state index in [0.717, 1.165) is 11.5 Å². The van der Waals surface area contributed by atoms with Gasteiger partial charge < -0.3 is 5.32 Å². The highest BCUT2D eigenvalue weighted by molar-refractivity contribution is 5.48. The van der Waals surface area contributed by atoms with Crippen LogP contribution in [-0.2, 0) is 0 Å². The van der Waals surface area contributed by atoms with Gasteiger partial charge in [-0.25, -0.2) is 9.97 Å². The monoisotopic (exact) mass is 148 g/mol. The minimum atomic E-state index is 0.837. The molecule has 0 aliphatic rings. The molecule has 0 amide bonds. The third-order valence-electron chi connectivity index (χ3n) is 1.54. The lowest BCUT2D eigenvalue weighted by atomic mass is 10.5. The van der Waals surface area contributed by atoms with E-state index in [2.05, 4.69) is 15.3 Å². The molecule has 0 spiro atoms. The molecular weight excluding hydrogens is 140 g/mol. The molecule has 0 saturated carbocycles. The Kier molecular flexibility index (Phi) is 1.25. The van der Waals surface area contributed by atoms with E-state index in [0.29, 0.717) is 0 Å². The standard InChI is InChI=1S/C7H8N4/c1-8-6-4-7-9-2-3-11(7)5-10-6/h2-5,8H,1H3. The number of hydrogen-bond acceptors (Lipinski definition) is 3. The molecule has 2 aromatic heterocycles. The fourth-order valence-corrected chi connectivity index (χ4v) is 0.955. The van der Waals surface area contributed by atoms with E-state index in [1.54, 1.807) is 12.5 Å². The smallest absolute Gasteiger partial charge is 0.141 e. The molecule has 56 valence electrons. The summed E-state index contributed by atoms with van der Waals surface area (Å²) in [5, 5.41) is 2.94. The largest absolute Gasteiger partial charge is 0.373 e. The molecule has 2 heterocycles. The van der Waals surface area contributed by atoms with Crippen LogP contribution in [0.2, 0.25) is 0 Å². The first-order valence-electron chi connectivity index (χ1n) is 3.36. The molecule has 0 radical (unpaired) electrons. The van der Waals surface area contributed by atoms with Crippen molar-refractivity contribution in [1.29, 1.82) is 0 Å². The highest BCUT2D eigenvalue weighted by Crippen LogP contribution is 2.04. The lowest BCUT2D eigenvalue weighted by molar-refractivity contribution is 1.08. The molecule has 11 heavy (non-hydrogen) atoms. The van der Waals surface area contributed by atoms with Crippen molar-refractivity contribution >= 4 is 11.5 Å². The molecule has 0 aliphatic heterocycles. The normalized spacial score (nSPS) is 10.3. The second-order valence-corrected chi connectivity index (χ2v) is 2.22. The van der Waals surface area contributed by atoms with Gasteiger partial charge in [0, 0.05) is 25.5 Å². The van der Waals surface area contributed by atoms with Crippen molar-refractivity contribution in [3.63, 3.8) is 0 Å². The van der Waals surface area contributed by atoms with E-state index in [1.165, 1.54) is 0 Å². The molecule has 0 aromatic carbocycles. The molecule has 0 aliphatic carbocycles. The number of aromatic nitrogens is 3. The van der Waals surface area contributed by atoms with Crippen LogP contribution >= 0.6 is 0 Å². The molecule has 4 heteroatoms. The summed E-state index contributed by atoms with van der Waals surface area (Å²) in [6.45, 7) is 0. The van der Waals surface area contributed by atoms with Crippen LogP contribution in [0.1, 0.15) is 0 Å². The van der Waals surface area contributed by atoms with Gasteiger partial charge in [-0.3, -0.25) is 4.40 Å². The summed E-state index contributed by atoms with van der Waals surface area (Å²) in [7, 11) is 1.84. The minimum absolute atomic E-state index is 0.837. The Morgan fingerprint density at radius 1 is 1.45 bits per heavy atom. The van der Waals surface area contributed by atoms with Crippen LogP contribution in [0, 0.1) is 0 Å². The molecule has 0 unspecified atom stereocenters. The maximum atomic E-state index is 4.11. The Bertz CT molecular complexity index is 365. The summed E-state index contributed by atoms with van der Waals surface area (Å²) >= 11 is 0. The summed E-state index contributed by atoms with van der Waals surface area (Å²) < 4.78 is 1.86. The molecular formula is C7H8N4. The molecule has 4 nitrogen and oxygen atoms in total. The average Bonchev–Trinajstić information content (AvgIpc) is 2.50. The van der Waals surface area contributed by atoms with Gasteiger partial charge in [0.2, 0.25) is 0 Å². The highest BCUT2D eigenvalue weighted by atomic mass is 15.1. The van der Waals surface area contributed by atoms with Gasteiger partial charge in [0.1, 0.15) is 17.8 Å². The molecule has 0 saturated heterocycles. The van der Waals surface area contributed by atoms with Crippen LogP contribution in [0.3, 0.4) is 0 Å². The third-order valence-corrected chi connectivity index (χ3v) is 1.54. The van der Waals surface area contributed by atoms with Crippen molar-refractivity contribution in [2.24, 2.45) is 0 Å². The Balaban J connectivity index is 2.67. The molecule has 2 rings (SSSR count). The van der Waals surface area contributed by atoms with Gasteiger partial charge in [0.25, 0.3) is 0 Å². The van der Waals surface area contributed by atoms with Gasteiger partial charge in [0.15, 0.2) is 0 Å². The van der Waals surface area contributed by atoms with Crippen molar-refractivity contribution in [3.05, 3.63) is 24.8 Å². The predicted molar refractivity (Wildman–Crippen MR) is 42.5 cm³/mol. The van der Waals surface area contributed by atoms with E-state index in [1.807, 2.05) is 23.7 Å². The number of nitrogens with zero attached hydrogens (tertiary/aromatic N) is 3. The minimum Gasteiger partial charge on any atom is -0.373 e. The lowest BCUT2D eigenvalue weighted by Gasteiger charge is -1.97. The van der Waals surface area contributed by atoms with Crippen LogP contribution in [0.15, 0.2) is 24.8 Å². The Morgan fingerprint density at radius 2 is 2.36 bits per heavy atom. The van der Waals surface area contributed by atoms with Gasteiger partial charge in [-0.1, -0.05) is 0 Å². The number of fused-ring (bicyclic) bond motifs is 1. The van der Waals surface area contributed by atoms with E-state index >= 15 is 0 Å². The highest BCUT2D eigenvalue weighted by Gasteiger charge is 1.94. The molecule has 0 atom stereocenters. The summed E-state index contributed by atoms with van der Waals surface area (Å²) in [6, 6.07) is 1.89. The summed E-state index contributed by atoms with van der Waals surface area (Å²) in [4.78, 5) is 8.22. The predicted octanol–water partition coefficient (Wildman–Crippen LogP) is 0.771. The number of nitrogens with one attached hydrogen (secondary N) is 1. The van der Waals surface area contributed by atoms with Crippen molar-refractivity contribution in [2.45, 2.75) is 0 Å². The molecule has 0 bridgehead atoms. The van der Waals surface area contributed by atoms with Gasteiger partial charge in [-0.05, 0) is 0 Å². The first-order chi connectivity index (χ1) is 5.40. The molecule has 0 fully saturated rings. The fraction of sp³-hybridized carbons (Fsp3) is 0.143. The lowest BCUT2D eigenvalue weighted by Crippen LogP contribution is -1.94. The molecule has 2 aromatic rings. The van der Waals surface area contributed by atoms with Gasteiger partial charge >= 0.3 is 0 Å². The van der Waals surface area contributed by atoms with Crippen molar-refractivity contribution in [3.8, 4) is 0 Å². The zero-order valence-corrected chi connectivity index (χ0v) is 6.15. The van der Waals surface area contributed by atoms with Crippen LogP contribution in [0.4, 0.5) is 5.82 Å². The maximum absolute atomic E-state index is 4.11. The first kappa shape index (κ1) is 6.15. The fourth-order valence-electron chi connectivity index (χ4n) is 0.955. The van der Waals surface area contributed by atoms with Gasteiger partial charge in [0.05, 0.1) is 0 Å². The SMILES string of the molecule is CNc1cc2nccn2cn1. The van der Waals surface area contributed by atoms with Crippen molar-refractivity contribution in [1.82, 2.24) is 14.4 Å². The second-order valence-electron chi connectivity index (χ2n) is 2.22. The molecule has 1 N–H and O–H groups in total. The number of imidazole rings is 1. The Labute approximate surface area is 63.9 Å². The number of rotatable bonds is 1. The number of anilines is 1. The van der Waals surface area contributed by atoms with Crippen molar-refractivity contribution in [2.75, 3.05) is 12.4 Å². The van der Waals surface area contributed by atoms with E-state index in [9.17, 15) is 0 Å². The van der Waals surface area contributed by atoms with Crippen LogP contribution in [0.5, 0.6) is 0 Å². The van der Waals surface area contributed by atoms with Gasteiger partial charge in [-0.2, -0.15) is 0 Å². The zero-order valence-electron chi connectivity index (χ0n) is 6.15. The van der Waals surface area contributed by atoms with E-state index in [-0.39, 0.29) is 0 Å². The summed E-state index contributed by atoms with van der Waals surface area (Å²) in [5.74, 6) is 0.837. The number of hydrogen-bond donors (Lipinski definition) is 1. The van der Waals surface area contributed by atoms with Crippen LogP contribution in [0.25, 0.3) is 5.65 Å². The average molecular weight is 148 g/mol. The Hall–Kier alpha value is -1.58. The third kappa shape index (κ3) is 0.920. The van der Waals surface area contributed by atoms with Gasteiger partial charge in [-0.15, -0.1) is 0 Å². The van der Waals surface area contributed by atoms with Crippen LogP contribution < -0.4 is 5.32 Å².